The maximum Gasteiger partial charge on any atom is 0.220 e. The molecule has 0 fully saturated rings. The van der Waals surface area contributed by atoms with Gasteiger partial charge in [0.25, 0.3) is 0 Å². The molecule has 0 spiro atoms. The zero-order valence-corrected chi connectivity index (χ0v) is 13.0. The number of amides is 1. The highest BCUT2D eigenvalue weighted by molar-refractivity contribution is 5.76. The molecule has 0 bridgehead atoms. The predicted molar refractivity (Wildman–Crippen MR) is 84.3 cm³/mol. The van der Waals surface area contributed by atoms with Crippen molar-refractivity contribution in [1.82, 2.24) is 5.32 Å². The summed E-state index contributed by atoms with van der Waals surface area (Å²) in [7, 11) is 0. The van der Waals surface area contributed by atoms with Crippen LogP contribution in [0.15, 0.2) is 24.3 Å². The summed E-state index contributed by atoms with van der Waals surface area (Å²) in [6.45, 7) is 7.66. The van der Waals surface area contributed by atoms with Crippen molar-refractivity contribution in [2.45, 2.75) is 46.6 Å². The van der Waals surface area contributed by atoms with Gasteiger partial charge in [-0.3, -0.25) is 4.79 Å². The summed E-state index contributed by atoms with van der Waals surface area (Å²) in [5.41, 5.74) is 8.24. The fourth-order valence-electron chi connectivity index (χ4n) is 2.53. The maximum atomic E-state index is 12.0. The molecule has 0 saturated carbocycles. The first-order valence-electron chi connectivity index (χ1n) is 7.60. The van der Waals surface area contributed by atoms with Crippen LogP contribution in [-0.4, -0.2) is 12.5 Å². The largest absolute Gasteiger partial charge is 0.352 e. The van der Waals surface area contributed by atoms with Crippen LogP contribution < -0.4 is 11.1 Å². The molecule has 0 aliphatic heterocycles. The number of hydrogen-bond donors (Lipinski definition) is 2. The first-order valence-corrected chi connectivity index (χ1v) is 7.60. The second-order valence-electron chi connectivity index (χ2n) is 5.83. The topological polar surface area (TPSA) is 55.1 Å². The number of nitrogens with one attached hydrogen (secondary N) is 1. The third-order valence-corrected chi connectivity index (χ3v) is 3.59. The molecule has 1 rings (SSSR count). The van der Waals surface area contributed by atoms with Gasteiger partial charge in [-0.15, -0.1) is 0 Å². The Kier molecular flexibility index (Phi) is 7.31. The second kappa shape index (κ2) is 8.75. The molecule has 0 heterocycles. The summed E-state index contributed by atoms with van der Waals surface area (Å²) >= 11 is 0. The molecule has 3 nitrogen and oxygen atoms in total. The molecule has 3 heteroatoms. The van der Waals surface area contributed by atoms with Gasteiger partial charge in [-0.2, -0.15) is 0 Å². The lowest BCUT2D eigenvalue weighted by molar-refractivity contribution is -0.122. The van der Waals surface area contributed by atoms with Crippen molar-refractivity contribution in [3.8, 4) is 0 Å². The third-order valence-electron chi connectivity index (χ3n) is 3.59. The Morgan fingerprint density at radius 1 is 1.25 bits per heavy atom. The van der Waals surface area contributed by atoms with Crippen molar-refractivity contribution < 1.29 is 4.79 Å². The van der Waals surface area contributed by atoms with Crippen LogP contribution in [0.1, 0.15) is 44.7 Å². The summed E-state index contributed by atoms with van der Waals surface area (Å²) in [4.78, 5) is 12.0. The summed E-state index contributed by atoms with van der Waals surface area (Å²) in [5.74, 6) is 0.973. The molecule has 1 amide bonds. The van der Waals surface area contributed by atoms with E-state index in [1.165, 1.54) is 11.1 Å². The van der Waals surface area contributed by atoms with Gasteiger partial charge in [-0.1, -0.05) is 45.0 Å². The van der Waals surface area contributed by atoms with Crippen molar-refractivity contribution in [1.29, 1.82) is 0 Å². The van der Waals surface area contributed by atoms with E-state index in [1.807, 2.05) is 12.1 Å². The fraction of sp³-hybridized carbons (Fsp3) is 0.588. The standard InChI is InChI=1S/C17H28N2O/c1-4-15-7-5-6-8-16(15)12-19-17(20)10-14(11-18)9-13(2)3/h5-8,13-14H,4,9-12,18H2,1-3H3,(H,19,20)/t14-/m0/s1. The first-order chi connectivity index (χ1) is 9.56. The van der Waals surface area contributed by atoms with Gasteiger partial charge in [0.05, 0.1) is 0 Å². The van der Waals surface area contributed by atoms with E-state index in [2.05, 4.69) is 38.2 Å². The number of carbonyl (C=O) groups excluding carboxylic acids is 1. The van der Waals surface area contributed by atoms with Crippen molar-refractivity contribution >= 4 is 5.91 Å². The molecule has 0 aromatic heterocycles. The normalized spacial score (nSPS) is 12.4. The number of nitrogens with two attached hydrogens (primary N) is 1. The molecule has 1 atom stereocenters. The summed E-state index contributed by atoms with van der Waals surface area (Å²) in [6, 6.07) is 8.25. The monoisotopic (exact) mass is 276 g/mol. The zero-order chi connectivity index (χ0) is 15.0. The van der Waals surface area contributed by atoms with Gasteiger partial charge in [0.15, 0.2) is 0 Å². The number of carbonyl (C=O) groups is 1. The van der Waals surface area contributed by atoms with E-state index < -0.39 is 0 Å². The highest BCUT2D eigenvalue weighted by Crippen LogP contribution is 2.14. The quantitative estimate of drug-likeness (QED) is 0.767. The van der Waals surface area contributed by atoms with Crippen LogP contribution in [0.25, 0.3) is 0 Å². The highest BCUT2D eigenvalue weighted by atomic mass is 16.1. The SMILES string of the molecule is CCc1ccccc1CNC(=O)C[C@@H](CN)CC(C)C. The van der Waals surface area contributed by atoms with Gasteiger partial charge in [0, 0.05) is 13.0 Å². The van der Waals surface area contributed by atoms with E-state index in [9.17, 15) is 4.79 Å². The van der Waals surface area contributed by atoms with Crippen LogP contribution in [0.5, 0.6) is 0 Å². The molecule has 0 aliphatic carbocycles. The van der Waals surface area contributed by atoms with E-state index in [0.29, 0.717) is 25.4 Å². The van der Waals surface area contributed by atoms with Crippen LogP contribution in [0, 0.1) is 11.8 Å². The Bertz CT molecular complexity index is 415. The Morgan fingerprint density at radius 2 is 1.90 bits per heavy atom. The van der Waals surface area contributed by atoms with E-state index in [1.54, 1.807) is 0 Å². The lowest BCUT2D eigenvalue weighted by Crippen LogP contribution is -2.28. The Balaban J connectivity index is 2.46. The Hall–Kier alpha value is -1.35. The first kappa shape index (κ1) is 16.7. The Labute approximate surface area is 122 Å². The maximum absolute atomic E-state index is 12.0. The van der Waals surface area contributed by atoms with Crippen molar-refractivity contribution in [2.24, 2.45) is 17.6 Å². The van der Waals surface area contributed by atoms with Gasteiger partial charge >= 0.3 is 0 Å². The van der Waals surface area contributed by atoms with E-state index in [-0.39, 0.29) is 11.8 Å². The molecule has 0 unspecified atom stereocenters. The summed E-state index contributed by atoms with van der Waals surface area (Å²) in [6.07, 6.45) is 2.53. The van der Waals surface area contributed by atoms with Gasteiger partial charge in [0.1, 0.15) is 0 Å². The van der Waals surface area contributed by atoms with E-state index in [0.717, 1.165) is 12.8 Å². The van der Waals surface area contributed by atoms with Gasteiger partial charge < -0.3 is 11.1 Å². The van der Waals surface area contributed by atoms with Gasteiger partial charge in [-0.25, -0.2) is 0 Å². The molecule has 112 valence electrons. The zero-order valence-electron chi connectivity index (χ0n) is 13.0. The summed E-state index contributed by atoms with van der Waals surface area (Å²) < 4.78 is 0. The Morgan fingerprint density at radius 3 is 2.45 bits per heavy atom. The molecule has 0 radical (unpaired) electrons. The molecular weight excluding hydrogens is 248 g/mol. The molecule has 1 aromatic rings. The minimum Gasteiger partial charge on any atom is -0.352 e. The second-order valence-corrected chi connectivity index (χ2v) is 5.83. The van der Waals surface area contributed by atoms with Crippen molar-refractivity contribution in [3.63, 3.8) is 0 Å². The van der Waals surface area contributed by atoms with E-state index in [4.69, 9.17) is 5.73 Å². The predicted octanol–water partition coefficient (Wildman–Crippen LogP) is 2.88. The van der Waals surface area contributed by atoms with Crippen molar-refractivity contribution in [2.75, 3.05) is 6.54 Å². The van der Waals surface area contributed by atoms with E-state index >= 15 is 0 Å². The lowest BCUT2D eigenvalue weighted by atomic mass is 9.94. The van der Waals surface area contributed by atoms with Gasteiger partial charge in [0.2, 0.25) is 5.91 Å². The number of rotatable bonds is 8. The average Bonchev–Trinajstić information content (AvgIpc) is 2.44. The summed E-state index contributed by atoms with van der Waals surface area (Å²) in [5, 5.41) is 3.02. The molecule has 0 aliphatic rings. The molecule has 0 saturated heterocycles. The minimum absolute atomic E-state index is 0.104. The average molecular weight is 276 g/mol. The number of benzene rings is 1. The molecule has 20 heavy (non-hydrogen) atoms. The van der Waals surface area contributed by atoms with Crippen LogP contribution in [0.2, 0.25) is 0 Å². The fourth-order valence-corrected chi connectivity index (χ4v) is 2.53. The van der Waals surface area contributed by atoms with Crippen molar-refractivity contribution in [3.05, 3.63) is 35.4 Å². The molecular formula is C17H28N2O. The number of hydrogen-bond acceptors (Lipinski definition) is 2. The van der Waals surface area contributed by atoms with Crippen LogP contribution in [0.4, 0.5) is 0 Å². The smallest absolute Gasteiger partial charge is 0.220 e. The molecule has 3 N–H and O–H groups in total. The highest BCUT2D eigenvalue weighted by Gasteiger charge is 2.14. The lowest BCUT2D eigenvalue weighted by Gasteiger charge is -2.17. The van der Waals surface area contributed by atoms with Crippen LogP contribution in [-0.2, 0) is 17.8 Å². The number of aryl methyl sites for hydroxylation is 1. The van der Waals surface area contributed by atoms with Crippen LogP contribution >= 0.6 is 0 Å². The van der Waals surface area contributed by atoms with Crippen LogP contribution in [0.3, 0.4) is 0 Å². The molecule has 1 aromatic carbocycles. The third kappa shape index (κ3) is 5.74. The minimum atomic E-state index is 0.104. The van der Waals surface area contributed by atoms with Gasteiger partial charge in [-0.05, 0) is 42.3 Å².